The molecule has 1 aromatic rings. The average molecular weight is 253 g/mol. The second-order valence-corrected chi connectivity index (χ2v) is 4.82. The Balaban J connectivity index is 3.28. The van der Waals surface area contributed by atoms with Crippen LogP contribution in [0.1, 0.15) is 50.8 Å². The van der Waals surface area contributed by atoms with Crippen LogP contribution in [-0.4, -0.2) is 14.8 Å². The molecular formula is C12H19N3OS. The van der Waals surface area contributed by atoms with Gasteiger partial charge in [-0.1, -0.05) is 39.4 Å². The summed E-state index contributed by atoms with van der Waals surface area (Å²) in [5.41, 5.74) is 6.64. The fourth-order valence-corrected chi connectivity index (χ4v) is 1.63. The minimum atomic E-state index is -0.185. The molecule has 0 aromatic carbocycles. The van der Waals surface area contributed by atoms with E-state index >= 15 is 0 Å². The van der Waals surface area contributed by atoms with Crippen molar-refractivity contribution >= 4 is 17.2 Å². The van der Waals surface area contributed by atoms with E-state index in [-0.39, 0.29) is 16.5 Å². The summed E-state index contributed by atoms with van der Waals surface area (Å²) in [7, 11) is 0. The SMILES string of the molecule is CCCCn1nc(C(C)C)cc(C(N)=S)c1=O. The van der Waals surface area contributed by atoms with Gasteiger partial charge >= 0.3 is 0 Å². The van der Waals surface area contributed by atoms with Crippen LogP contribution in [0, 0.1) is 0 Å². The molecule has 0 amide bonds. The van der Waals surface area contributed by atoms with Crippen molar-refractivity contribution in [3.63, 3.8) is 0 Å². The number of hydrogen-bond donors (Lipinski definition) is 1. The topological polar surface area (TPSA) is 60.9 Å². The quantitative estimate of drug-likeness (QED) is 0.813. The lowest BCUT2D eigenvalue weighted by Gasteiger charge is -2.11. The second-order valence-electron chi connectivity index (χ2n) is 4.38. The van der Waals surface area contributed by atoms with Gasteiger partial charge in [0.1, 0.15) is 4.99 Å². The normalized spacial score (nSPS) is 10.8. The first-order valence-electron chi connectivity index (χ1n) is 5.89. The van der Waals surface area contributed by atoms with Crippen molar-refractivity contribution in [1.82, 2.24) is 9.78 Å². The Kier molecular flexibility index (Phi) is 4.81. The van der Waals surface area contributed by atoms with Gasteiger partial charge in [0, 0.05) is 6.54 Å². The smallest absolute Gasteiger partial charge is 0.277 e. The molecule has 5 heteroatoms. The molecule has 0 saturated carbocycles. The summed E-state index contributed by atoms with van der Waals surface area (Å²) < 4.78 is 1.48. The van der Waals surface area contributed by atoms with Gasteiger partial charge in [-0.25, -0.2) is 4.68 Å². The maximum absolute atomic E-state index is 12.0. The Morgan fingerprint density at radius 3 is 2.71 bits per heavy atom. The molecule has 1 rings (SSSR count). The molecule has 0 atom stereocenters. The van der Waals surface area contributed by atoms with Crippen LogP contribution in [0.15, 0.2) is 10.9 Å². The summed E-state index contributed by atoms with van der Waals surface area (Å²) >= 11 is 4.90. The number of thiocarbonyl (C=S) groups is 1. The van der Waals surface area contributed by atoms with Crippen molar-refractivity contribution in [1.29, 1.82) is 0 Å². The summed E-state index contributed by atoms with van der Waals surface area (Å²) in [6.07, 6.45) is 1.94. The molecule has 0 radical (unpaired) electrons. The minimum absolute atomic E-state index is 0.143. The van der Waals surface area contributed by atoms with E-state index in [9.17, 15) is 4.79 Å². The molecule has 94 valence electrons. The first-order chi connectivity index (χ1) is 7.97. The third-order valence-corrected chi connectivity index (χ3v) is 2.79. The standard InChI is InChI=1S/C12H19N3OS/c1-4-5-6-15-12(16)9(11(13)17)7-10(14-15)8(2)3/h7-8H,4-6H2,1-3H3,(H2,13,17). The van der Waals surface area contributed by atoms with Crippen molar-refractivity contribution < 1.29 is 0 Å². The Bertz CT molecular complexity index is 465. The van der Waals surface area contributed by atoms with Crippen molar-refractivity contribution in [2.45, 2.75) is 46.1 Å². The van der Waals surface area contributed by atoms with E-state index < -0.39 is 0 Å². The van der Waals surface area contributed by atoms with E-state index in [4.69, 9.17) is 18.0 Å². The van der Waals surface area contributed by atoms with Gasteiger partial charge in [0.25, 0.3) is 5.56 Å². The van der Waals surface area contributed by atoms with Gasteiger partial charge < -0.3 is 5.73 Å². The zero-order valence-corrected chi connectivity index (χ0v) is 11.4. The molecule has 0 unspecified atom stereocenters. The van der Waals surface area contributed by atoms with E-state index in [1.54, 1.807) is 6.07 Å². The molecule has 0 bridgehead atoms. The predicted molar refractivity (Wildman–Crippen MR) is 73.4 cm³/mol. The van der Waals surface area contributed by atoms with Crippen LogP contribution in [0.25, 0.3) is 0 Å². The summed E-state index contributed by atoms with van der Waals surface area (Å²) in [5, 5.41) is 4.34. The highest BCUT2D eigenvalue weighted by Crippen LogP contribution is 2.10. The van der Waals surface area contributed by atoms with Gasteiger partial charge in [-0.05, 0) is 18.4 Å². The molecule has 1 aromatic heterocycles. The highest BCUT2D eigenvalue weighted by atomic mass is 32.1. The van der Waals surface area contributed by atoms with E-state index in [0.717, 1.165) is 18.5 Å². The van der Waals surface area contributed by atoms with Crippen molar-refractivity contribution in [3.8, 4) is 0 Å². The number of unbranched alkanes of at least 4 members (excludes halogenated alkanes) is 1. The number of hydrogen-bond acceptors (Lipinski definition) is 3. The number of nitrogens with zero attached hydrogens (tertiary/aromatic N) is 2. The predicted octanol–water partition coefficient (Wildman–Crippen LogP) is 1.80. The number of rotatable bonds is 5. The molecular weight excluding hydrogens is 234 g/mol. The molecule has 4 nitrogen and oxygen atoms in total. The lowest BCUT2D eigenvalue weighted by Crippen LogP contribution is -2.32. The summed E-state index contributed by atoms with van der Waals surface area (Å²) in [5.74, 6) is 0.247. The second kappa shape index (κ2) is 5.91. The molecule has 0 aliphatic carbocycles. The Hall–Kier alpha value is -1.23. The van der Waals surface area contributed by atoms with Crippen LogP contribution in [0.4, 0.5) is 0 Å². The lowest BCUT2D eigenvalue weighted by atomic mass is 10.1. The Labute approximate surface area is 107 Å². The average Bonchev–Trinajstić information content (AvgIpc) is 2.26. The molecule has 0 spiro atoms. The van der Waals surface area contributed by atoms with Crippen LogP contribution in [0.5, 0.6) is 0 Å². The van der Waals surface area contributed by atoms with Crippen LogP contribution < -0.4 is 11.3 Å². The van der Waals surface area contributed by atoms with Gasteiger partial charge in [-0.15, -0.1) is 0 Å². The van der Waals surface area contributed by atoms with E-state index in [0.29, 0.717) is 12.1 Å². The first kappa shape index (κ1) is 13.8. The maximum Gasteiger partial charge on any atom is 0.277 e. The fourth-order valence-electron chi connectivity index (χ4n) is 1.48. The van der Waals surface area contributed by atoms with Crippen molar-refractivity contribution in [3.05, 3.63) is 27.7 Å². The third kappa shape index (κ3) is 3.36. The van der Waals surface area contributed by atoms with Crippen LogP contribution in [-0.2, 0) is 6.54 Å². The summed E-state index contributed by atoms with van der Waals surface area (Å²) in [4.78, 5) is 12.2. The van der Waals surface area contributed by atoms with Crippen LogP contribution in [0.3, 0.4) is 0 Å². The van der Waals surface area contributed by atoms with Gasteiger partial charge in [-0.2, -0.15) is 5.10 Å². The number of aromatic nitrogens is 2. The number of aryl methyl sites for hydroxylation is 1. The third-order valence-electron chi connectivity index (χ3n) is 2.57. The highest BCUT2D eigenvalue weighted by Gasteiger charge is 2.12. The monoisotopic (exact) mass is 253 g/mol. The molecule has 1 heterocycles. The molecule has 17 heavy (non-hydrogen) atoms. The molecule has 0 fully saturated rings. The van der Waals surface area contributed by atoms with E-state index in [1.165, 1.54) is 4.68 Å². The Morgan fingerprint density at radius 1 is 1.59 bits per heavy atom. The fraction of sp³-hybridized carbons (Fsp3) is 0.583. The minimum Gasteiger partial charge on any atom is -0.389 e. The van der Waals surface area contributed by atoms with E-state index in [1.807, 2.05) is 13.8 Å². The van der Waals surface area contributed by atoms with Crippen LogP contribution in [0.2, 0.25) is 0 Å². The van der Waals surface area contributed by atoms with Crippen molar-refractivity contribution in [2.24, 2.45) is 5.73 Å². The number of nitrogens with two attached hydrogens (primary N) is 1. The van der Waals surface area contributed by atoms with Gasteiger partial charge in [0.15, 0.2) is 0 Å². The van der Waals surface area contributed by atoms with Crippen molar-refractivity contribution in [2.75, 3.05) is 0 Å². The summed E-state index contributed by atoms with van der Waals surface area (Å²) in [6, 6.07) is 1.71. The summed E-state index contributed by atoms with van der Waals surface area (Å²) in [6.45, 7) is 6.75. The first-order valence-corrected chi connectivity index (χ1v) is 6.30. The molecule has 0 aliphatic rings. The molecule has 0 aliphatic heterocycles. The lowest BCUT2D eigenvalue weighted by molar-refractivity contribution is 0.526. The van der Waals surface area contributed by atoms with Gasteiger partial charge in [-0.3, -0.25) is 4.79 Å². The highest BCUT2D eigenvalue weighted by molar-refractivity contribution is 7.80. The van der Waals surface area contributed by atoms with Crippen LogP contribution >= 0.6 is 12.2 Å². The molecule has 0 saturated heterocycles. The van der Waals surface area contributed by atoms with Gasteiger partial charge in [0.2, 0.25) is 0 Å². The maximum atomic E-state index is 12.0. The van der Waals surface area contributed by atoms with E-state index in [2.05, 4.69) is 12.0 Å². The molecule has 2 N–H and O–H groups in total. The zero-order chi connectivity index (χ0) is 13.0. The zero-order valence-electron chi connectivity index (χ0n) is 10.6. The van der Waals surface area contributed by atoms with Gasteiger partial charge in [0.05, 0.1) is 11.3 Å². The Morgan fingerprint density at radius 2 is 2.24 bits per heavy atom. The largest absolute Gasteiger partial charge is 0.389 e.